The summed E-state index contributed by atoms with van der Waals surface area (Å²) in [5.74, 6) is -0.551. The fourth-order valence-electron chi connectivity index (χ4n) is 1.35. The normalized spacial score (nSPS) is 11.9. The second-order valence-corrected chi connectivity index (χ2v) is 4.25. The number of amides is 1. The summed E-state index contributed by atoms with van der Waals surface area (Å²) >= 11 is 5.72. The molecule has 1 amide bonds. The molecule has 1 unspecified atom stereocenters. The van der Waals surface area contributed by atoms with E-state index >= 15 is 0 Å². The molecule has 0 radical (unpaired) electrons. The number of hydrogen-bond acceptors (Lipinski definition) is 5. The fourth-order valence-corrected chi connectivity index (χ4v) is 1.54. The maximum atomic E-state index is 11.8. The van der Waals surface area contributed by atoms with Crippen LogP contribution in [0, 0.1) is 10.1 Å². The molecule has 0 bridgehead atoms. The molecule has 19 heavy (non-hydrogen) atoms. The van der Waals surface area contributed by atoms with E-state index in [9.17, 15) is 20.0 Å². The van der Waals surface area contributed by atoms with Crippen molar-refractivity contribution in [2.45, 2.75) is 25.9 Å². The van der Waals surface area contributed by atoms with Crippen molar-refractivity contribution >= 4 is 23.2 Å². The van der Waals surface area contributed by atoms with E-state index in [0.29, 0.717) is 12.8 Å². The van der Waals surface area contributed by atoms with Gasteiger partial charge in [0, 0.05) is 12.6 Å². The molecule has 1 heterocycles. The number of nitrogens with zero attached hydrogens (tertiary/aromatic N) is 2. The van der Waals surface area contributed by atoms with Crippen molar-refractivity contribution < 1.29 is 14.8 Å². The molecule has 0 spiro atoms. The van der Waals surface area contributed by atoms with Crippen LogP contribution in [-0.4, -0.2) is 33.6 Å². The first kappa shape index (κ1) is 15.3. The number of aromatic nitrogens is 1. The summed E-state index contributed by atoms with van der Waals surface area (Å²) in [7, 11) is 0. The van der Waals surface area contributed by atoms with E-state index in [2.05, 4.69) is 10.3 Å². The van der Waals surface area contributed by atoms with Gasteiger partial charge in [-0.15, -0.1) is 0 Å². The average molecular weight is 288 g/mol. The molecule has 7 nitrogen and oxygen atoms in total. The average Bonchev–Trinajstić information content (AvgIpc) is 2.38. The third kappa shape index (κ3) is 4.46. The van der Waals surface area contributed by atoms with Crippen LogP contribution in [0.1, 0.15) is 30.1 Å². The summed E-state index contributed by atoms with van der Waals surface area (Å²) in [5.41, 5.74) is -0.356. The summed E-state index contributed by atoms with van der Waals surface area (Å²) in [6, 6.07) is 1.07. The van der Waals surface area contributed by atoms with E-state index in [1.807, 2.05) is 6.92 Å². The van der Waals surface area contributed by atoms with Gasteiger partial charge in [-0.1, -0.05) is 18.5 Å². The van der Waals surface area contributed by atoms with Gasteiger partial charge in [-0.3, -0.25) is 14.9 Å². The lowest BCUT2D eigenvalue weighted by Gasteiger charge is -2.09. The van der Waals surface area contributed by atoms with Crippen molar-refractivity contribution in [1.82, 2.24) is 10.3 Å². The highest BCUT2D eigenvalue weighted by Crippen LogP contribution is 2.18. The number of halogens is 1. The van der Waals surface area contributed by atoms with Crippen LogP contribution in [0.2, 0.25) is 5.15 Å². The summed E-state index contributed by atoms with van der Waals surface area (Å²) in [5, 5.41) is 22.3. The third-order valence-corrected chi connectivity index (χ3v) is 2.82. The van der Waals surface area contributed by atoms with Gasteiger partial charge in [-0.05, 0) is 12.8 Å². The first-order valence-electron chi connectivity index (χ1n) is 5.72. The molecule has 0 saturated carbocycles. The molecule has 0 fully saturated rings. The maximum absolute atomic E-state index is 11.8. The topological polar surface area (TPSA) is 105 Å². The molecular weight excluding hydrogens is 274 g/mol. The molecule has 1 rings (SSSR count). The van der Waals surface area contributed by atoms with Crippen LogP contribution < -0.4 is 5.32 Å². The van der Waals surface area contributed by atoms with Crippen LogP contribution in [0.15, 0.2) is 12.3 Å². The fraction of sp³-hybridized carbons (Fsp3) is 0.455. The smallest absolute Gasteiger partial charge is 0.288 e. The molecule has 104 valence electrons. The van der Waals surface area contributed by atoms with Crippen molar-refractivity contribution in [2.24, 2.45) is 0 Å². The van der Waals surface area contributed by atoms with Crippen molar-refractivity contribution in [2.75, 3.05) is 6.54 Å². The molecule has 8 heteroatoms. The van der Waals surface area contributed by atoms with Gasteiger partial charge in [0.05, 0.1) is 16.6 Å². The van der Waals surface area contributed by atoms with Crippen molar-refractivity contribution in [3.05, 3.63) is 33.1 Å². The lowest BCUT2D eigenvalue weighted by Crippen LogP contribution is -2.27. The highest BCUT2D eigenvalue weighted by Gasteiger charge is 2.16. The van der Waals surface area contributed by atoms with Gasteiger partial charge in [0.25, 0.3) is 11.6 Å². The van der Waals surface area contributed by atoms with Gasteiger partial charge in [0.2, 0.25) is 0 Å². The summed E-state index contributed by atoms with van der Waals surface area (Å²) < 4.78 is 0. The van der Waals surface area contributed by atoms with E-state index < -0.39 is 16.9 Å². The number of carbonyl (C=O) groups excluding carboxylic acids is 1. The van der Waals surface area contributed by atoms with Crippen LogP contribution in [0.25, 0.3) is 0 Å². The number of nitrogens with one attached hydrogen (secondary N) is 1. The first-order valence-corrected chi connectivity index (χ1v) is 6.09. The zero-order valence-electron chi connectivity index (χ0n) is 10.3. The standard InChI is InChI=1S/C11H14ClN3O4/c1-2-8(16)3-4-13-11(17)9-5-7(15(18)19)6-14-10(9)12/h5-6,8,16H,2-4H2,1H3,(H,13,17). The Labute approximate surface area is 114 Å². The lowest BCUT2D eigenvalue weighted by molar-refractivity contribution is -0.385. The molecular formula is C11H14ClN3O4. The Bertz CT molecular complexity index is 481. The van der Waals surface area contributed by atoms with E-state index in [4.69, 9.17) is 11.6 Å². The first-order chi connectivity index (χ1) is 8.95. The predicted octanol–water partition coefficient (Wildman–Crippen LogP) is 1.53. The van der Waals surface area contributed by atoms with E-state index in [1.54, 1.807) is 0 Å². The quantitative estimate of drug-likeness (QED) is 0.469. The van der Waals surface area contributed by atoms with Gasteiger partial charge in [-0.2, -0.15) is 0 Å². The van der Waals surface area contributed by atoms with Crippen molar-refractivity contribution in [3.8, 4) is 0 Å². The Balaban J connectivity index is 2.71. The largest absolute Gasteiger partial charge is 0.393 e. The van der Waals surface area contributed by atoms with Gasteiger partial charge >= 0.3 is 0 Å². The van der Waals surface area contributed by atoms with Gasteiger partial charge < -0.3 is 10.4 Å². The minimum absolute atomic E-state index is 0.0538. The van der Waals surface area contributed by atoms with E-state index in [1.165, 1.54) is 0 Å². The Morgan fingerprint density at radius 3 is 2.95 bits per heavy atom. The molecule has 0 saturated heterocycles. The molecule has 1 aromatic heterocycles. The highest BCUT2D eigenvalue weighted by molar-refractivity contribution is 6.32. The molecule has 0 aliphatic carbocycles. The van der Waals surface area contributed by atoms with Crippen molar-refractivity contribution in [1.29, 1.82) is 0 Å². The Kier molecular flexibility index (Phi) is 5.65. The second-order valence-electron chi connectivity index (χ2n) is 3.90. The molecule has 2 N–H and O–H groups in total. The number of pyridine rings is 1. The summed E-state index contributed by atoms with van der Waals surface area (Å²) in [6.07, 6.45) is 1.50. The van der Waals surface area contributed by atoms with Gasteiger partial charge in [0.15, 0.2) is 0 Å². The molecule has 0 aromatic carbocycles. The van der Waals surface area contributed by atoms with Crippen LogP contribution in [0.5, 0.6) is 0 Å². The third-order valence-electron chi connectivity index (χ3n) is 2.51. The number of aliphatic hydroxyl groups is 1. The zero-order valence-corrected chi connectivity index (χ0v) is 11.1. The minimum Gasteiger partial charge on any atom is -0.393 e. The van der Waals surface area contributed by atoms with Crippen LogP contribution in [0.3, 0.4) is 0 Å². The second kappa shape index (κ2) is 7.01. The van der Waals surface area contributed by atoms with Gasteiger partial charge in [-0.25, -0.2) is 4.98 Å². The van der Waals surface area contributed by atoms with Crippen molar-refractivity contribution in [3.63, 3.8) is 0 Å². The summed E-state index contributed by atoms with van der Waals surface area (Å²) in [6.45, 7) is 2.08. The minimum atomic E-state index is -0.652. The molecule has 1 atom stereocenters. The molecule has 0 aliphatic heterocycles. The maximum Gasteiger partial charge on any atom is 0.288 e. The Morgan fingerprint density at radius 1 is 1.68 bits per heavy atom. The number of nitro groups is 1. The van der Waals surface area contributed by atoms with E-state index in [0.717, 1.165) is 12.3 Å². The monoisotopic (exact) mass is 287 g/mol. The van der Waals surface area contributed by atoms with Crippen LogP contribution in [0.4, 0.5) is 5.69 Å². The van der Waals surface area contributed by atoms with Gasteiger partial charge in [0.1, 0.15) is 11.3 Å². The number of hydrogen-bond donors (Lipinski definition) is 2. The molecule has 0 aliphatic rings. The highest BCUT2D eigenvalue weighted by atomic mass is 35.5. The Hall–Kier alpha value is -1.73. The summed E-state index contributed by atoms with van der Waals surface area (Å²) in [4.78, 5) is 25.3. The molecule has 1 aromatic rings. The number of aliphatic hydroxyl groups excluding tert-OH is 1. The Morgan fingerprint density at radius 2 is 2.37 bits per heavy atom. The zero-order chi connectivity index (χ0) is 14.4. The predicted molar refractivity (Wildman–Crippen MR) is 69.1 cm³/mol. The van der Waals surface area contributed by atoms with E-state index in [-0.39, 0.29) is 22.9 Å². The van der Waals surface area contributed by atoms with Crippen LogP contribution in [-0.2, 0) is 0 Å². The lowest BCUT2D eigenvalue weighted by atomic mass is 10.2. The number of rotatable bonds is 6. The SMILES string of the molecule is CCC(O)CCNC(=O)c1cc([N+](=O)[O-])cnc1Cl. The number of carbonyl (C=O) groups is 1. The van der Waals surface area contributed by atoms with Crippen LogP contribution >= 0.6 is 11.6 Å².